The number of hydrogen-bond acceptors (Lipinski definition) is 5. The van der Waals surface area contributed by atoms with Gasteiger partial charge >= 0.3 is 0 Å². The topological polar surface area (TPSA) is 86.1 Å². The van der Waals surface area contributed by atoms with E-state index in [-0.39, 0.29) is 25.6 Å². The third-order valence-corrected chi connectivity index (χ3v) is 5.76. The molecule has 0 amide bonds. The van der Waals surface area contributed by atoms with Crippen LogP contribution in [0.5, 0.6) is 11.5 Å². The normalized spacial score (nSPS) is 15.3. The second-order valence-electron chi connectivity index (χ2n) is 7.80. The van der Waals surface area contributed by atoms with Crippen LogP contribution >= 0.6 is 0 Å². The lowest BCUT2D eigenvalue weighted by molar-refractivity contribution is -0.908. The third kappa shape index (κ3) is 5.45. The van der Waals surface area contributed by atoms with Gasteiger partial charge in [-0.3, -0.25) is 5.41 Å². The standard InChI is InChI=1S/C23H30N4O4.ClH/c1-29-21-8-4-5-9-22(21)31-17-18(28)16-27-20-7-3-2-6-19(20)26(23(27)24)11-10-25-12-14-30-15-13-25;/h2-9,18,24,28H,10-17H2,1H3;1H. The number of imidazole rings is 1. The Labute approximate surface area is 193 Å². The number of aromatic nitrogens is 2. The summed E-state index contributed by atoms with van der Waals surface area (Å²) in [4.78, 5) is 1.50. The van der Waals surface area contributed by atoms with Gasteiger partial charge in [0.05, 0.1) is 51.0 Å². The molecule has 3 aromatic rings. The zero-order chi connectivity index (χ0) is 21.6. The Balaban J connectivity index is 0.00000289. The Kier molecular flexibility index (Phi) is 8.58. The maximum atomic E-state index is 10.7. The van der Waals surface area contributed by atoms with Gasteiger partial charge in [-0.25, -0.2) is 0 Å². The number of aliphatic hydroxyl groups is 1. The number of morpholine rings is 1. The fourth-order valence-electron chi connectivity index (χ4n) is 4.07. The van der Waals surface area contributed by atoms with E-state index in [1.807, 2.05) is 57.7 Å². The molecule has 2 aromatic carbocycles. The van der Waals surface area contributed by atoms with Gasteiger partial charge in [-0.2, -0.15) is 0 Å². The van der Waals surface area contributed by atoms with Crippen LogP contribution in [0.1, 0.15) is 0 Å². The van der Waals surface area contributed by atoms with Crippen molar-refractivity contribution in [3.8, 4) is 11.5 Å². The fourth-order valence-corrected chi connectivity index (χ4v) is 4.07. The SMILES string of the molecule is COc1ccccc1OCC(O)Cn1c(=N)n(CC[NH+]2CCOCC2)c2ccccc21.[Cl-]. The van der Waals surface area contributed by atoms with Crippen LogP contribution in [0.3, 0.4) is 0 Å². The number of nitrogens with one attached hydrogen (secondary N) is 2. The Bertz CT molecular complexity index is 1060. The monoisotopic (exact) mass is 462 g/mol. The molecule has 0 aliphatic carbocycles. The van der Waals surface area contributed by atoms with Crippen molar-refractivity contribution < 1.29 is 36.6 Å². The van der Waals surface area contributed by atoms with E-state index in [0.717, 1.165) is 50.4 Å². The molecule has 8 nitrogen and oxygen atoms in total. The molecule has 1 fully saturated rings. The van der Waals surface area contributed by atoms with Crippen LogP contribution in [0, 0.1) is 5.41 Å². The summed E-state index contributed by atoms with van der Waals surface area (Å²) in [7, 11) is 1.59. The maximum absolute atomic E-state index is 10.7. The first kappa shape index (κ1) is 24.1. The first-order chi connectivity index (χ1) is 15.2. The van der Waals surface area contributed by atoms with Gasteiger partial charge in [0.1, 0.15) is 25.8 Å². The molecule has 4 rings (SSSR count). The minimum atomic E-state index is -0.761. The number of fused-ring (bicyclic) bond motifs is 1. The first-order valence-electron chi connectivity index (χ1n) is 10.7. The minimum Gasteiger partial charge on any atom is -1.00 e. The lowest BCUT2D eigenvalue weighted by Gasteiger charge is -2.23. The van der Waals surface area contributed by atoms with Crippen molar-refractivity contribution in [2.45, 2.75) is 19.2 Å². The van der Waals surface area contributed by atoms with Crippen molar-refractivity contribution in [1.29, 1.82) is 5.41 Å². The van der Waals surface area contributed by atoms with Crippen molar-refractivity contribution in [2.24, 2.45) is 0 Å². The van der Waals surface area contributed by atoms with E-state index in [9.17, 15) is 5.11 Å². The van der Waals surface area contributed by atoms with Gasteiger partial charge in [0.2, 0.25) is 5.62 Å². The number of ether oxygens (including phenoxy) is 3. The molecule has 3 N–H and O–H groups in total. The maximum Gasteiger partial charge on any atom is 0.203 e. The van der Waals surface area contributed by atoms with E-state index in [2.05, 4.69) is 0 Å². The smallest absolute Gasteiger partial charge is 0.203 e. The van der Waals surface area contributed by atoms with Crippen molar-refractivity contribution in [1.82, 2.24) is 9.13 Å². The Hall–Kier alpha value is -2.52. The predicted octanol–water partition coefficient (Wildman–Crippen LogP) is -2.71. The van der Waals surface area contributed by atoms with Crippen LogP contribution in [0.15, 0.2) is 48.5 Å². The molecule has 32 heavy (non-hydrogen) atoms. The lowest BCUT2D eigenvalue weighted by Crippen LogP contribution is -3.14. The number of quaternary nitrogens is 1. The summed E-state index contributed by atoms with van der Waals surface area (Å²) in [5.41, 5.74) is 2.35. The van der Waals surface area contributed by atoms with Crippen LogP contribution in [0.4, 0.5) is 0 Å². The number of nitrogens with zero attached hydrogens (tertiary/aromatic N) is 2. The van der Waals surface area contributed by atoms with Crippen molar-refractivity contribution in [3.05, 3.63) is 54.1 Å². The summed E-state index contributed by atoms with van der Waals surface area (Å²) >= 11 is 0. The van der Waals surface area contributed by atoms with E-state index < -0.39 is 6.10 Å². The van der Waals surface area contributed by atoms with Crippen LogP contribution in [0.25, 0.3) is 11.0 Å². The highest BCUT2D eigenvalue weighted by molar-refractivity contribution is 5.75. The molecule has 9 heteroatoms. The molecule has 1 aliphatic rings. The quantitative estimate of drug-likeness (QED) is 0.323. The second-order valence-corrected chi connectivity index (χ2v) is 7.80. The highest BCUT2D eigenvalue weighted by atomic mass is 35.5. The fraction of sp³-hybridized carbons (Fsp3) is 0.435. The van der Waals surface area contributed by atoms with Gasteiger partial charge in [-0.05, 0) is 24.3 Å². The van der Waals surface area contributed by atoms with Gasteiger partial charge in [0, 0.05) is 0 Å². The van der Waals surface area contributed by atoms with Crippen LogP contribution in [0.2, 0.25) is 0 Å². The molecular formula is C23H31ClN4O4. The van der Waals surface area contributed by atoms with Crippen LogP contribution in [-0.2, 0) is 17.8 Å². The molecule has 1 aliphatic heterocycles. The van der Waals surface area contributed by atoms with Crippen LogP contribution in [-0.4, -0.2) is 66.9 Å². The highest BCUT2D eigenvalue weighted by Crippen LogP contribution is 2.25. The average molecular weight is 463 g/mol. The van der Waals surface area contributed by atoms with E-state index in [1.54, 1.807) is 7.11 Å². The number of aliphatic hydroxyl groups excluding tert-OH is 1. The van der Waals surface area contributed by atoms with Gasteiger partial charge in [-0.1, -0.05) is 24.3 Å². The number of para-hydroxylation sites is 4. The Morgan fingerprint density at radius 2 is 1.66 bits per heavy atom. The van der Waals surface area contributed by atoms with E-state index in [0.29, 0.717) is 17.1 Å². The largest absolute Gasteiger partial charge is 1.00 e. The first-order valence-corrected chi connectivity index (χ1v) is 10.7. The molecular weight excluding hydrogens is 432 g/mol. The van der Waals surface area contributed by atoms with Gasteiger partial charge < -0.3 is 45.8 Å². The third-order valence-electron chi connectivity index (χ3n) is 5.76. The Morgan fingerprint density at radius 3 is 2.34 bits per heavy atom. The zero-order valence-corrected chi connectivity index (χ0v) is 19.1. The molecule has 174 valence electrons. The summed E-state index contributed by atoms with van der Waals surface area (Å²) in [6.07, 6.45) is -0.761. The molecule has 1 atom stereocenters. The molecule has 1 aromatic heterocycles. The van der Waals surface area contributed by atoms with E-state index >= 15 is 0 Å². The van der Waals surface area contributed by atoms with Gasteiger partial charge in [0.15, 0.2) is 11.5 Å². The number of benzene rings is 2. The summed E-state index contributed by atoms with van der Waals surface area (Å²) in [6, 6.07) is 15.4. The van der Waals surface area contributed by atoms with E-state index in [1.165, 1.54) is 4.90 Å². The highest BCUT2D eigenvalue weighted by Gasteiger charge is 2.18. The average Bonchev–Trinajstić information content (AvgIpc) is 3.08. The van der Waals surface area contributed by atoms with Crippen LogP contribution < -0.4 is 32.4 Å². The number of hydrogen-bond donors (Lipinski definition) is 3. The summed E-state index contributed by atoms with van der Waals surface area (Å²) in [6.45, 7) is 5.72. The van der Waals surface area contributed by atoms with Crippen molar-refractivity contribution in [2.75, 3.05) is 46.6 Å². The van der Waals surface area contributed by atoms with Crippen molar-refractivity contribution in [3.63, 3.8) is 0 Å². The Morgan fingerprint density at radius 1 is 1.03 bits per heavy atom. The lowest BCUT2D eigenvalue weighted by atomic mass is 10.3. The second kappa shape index (κ2) is 11.4. The minimum absolute atomic E-state index is 0. The number of methoxy groups -OCH3 is 1. The van der Waals surface area contributed by atoms with Gasteiger partial charge in [-0.15, -0.1) is 0 Å². The summed E-state index contributed by atoms with van der Waals surface area (Å²) in [5.74, 6) is 1.22. The molecule has 0 bridgehead atoms. The number of halogens is 1. The molecule has 1 unspecified atom stereocenters. The molecule has 0 saturated carbocycles. The molecule has 1 saturated heterocycles. The van der Waals surface area contributed by atoms with Crippen molar-refractivity contribution >= 4 is 11.0 Å². The molecule has 0 radical (unpaired) electrons. The molecule has 2 heterocycles. The van der Waals surface area contributed by atoms with E-state index in [4.69, 9.17) is 19.6 Å². The van der Waals surface area contributed by atoms with Gasteiger partial charge in [0.25, 0.3) is 0 Å². The zero-order valence-electron chi connectivity index (χ0n) is 18.3. The summed E-state index contributed by atoms with van der Waals surface area (Å²) in [5, 5.41) is 19.4. The summed E-state index contributed by atoms with van der Waals surface area (Å²) < 4.78 is 20.4. The molecule has 0 spiro atoms. The number of rotatable bonds is 9. The predicted molar refractivity (Wildman–Crippen MR) is 117 cm³/mol.